The lowest BCUT2D eigenvalue weighted by molar-refractivity contribution is 0.318. The molecule has 0 unspecified atom stereocenters. The Morgan fingerprint density at radius 3 is 2.70 bits per heavy atom. The van der Waals surface area contributed by atoms with Crippen molar-refractivity contribution in [3.8, 4) is 5.75 Å². The van der Waals surface area contributed by atoms with E-state index in [0.717, 1.165) is 33.9 Å². The monoisotopic (exact) mass is 311 g/mol. The average molecular weight is 312 g/mol. The second kappa shape index (κ2) is 7.55. The third kappa shape index (κ3) is 4.72. The molecule has 0 spiro atoms. The lowest BCUT2D eigenvalue weighted by Gasteiger charge is -2.05. The second-order valence-electron chi connectivity index (χ2n) is 4.66. The highest BCUT2D eigenvalue weighted by molar-refractivity contribution is 7.99. The van der Waals surface area contributed by atoms with Gasteiger partial charge in [0.05, 0.1) is 6.61 Å². The molecule has 0 bridgehead atoms. The van der Waals surface area contributed by atoms with Gasteiger partial charge in [0.25, 0.3) is 0 Å². The van der Waals surface area contributed by atoms with Gasteiger partial charge in [-0.3, -0.25) is 5.10 Å². The van der Waals surface area contributed by atoms with Gasteiger partial charge in [0.2, 0.25) is 5.16 Å². The van der Waals surface area contributed by atoms with Gasteiger partial charge in [0, 0.05) is 16.7 Å². The number of aromatic nitrogens is 3. The fourth-order valence-electron chi connectivity index (χ4n) is 1.52. The molecule has 0 aliphatic heterocycles. The van der Waals surface area contributed by atoms with Gasteiger partial charge in [-0.15, -0.1) is 5.10 Å². The standard InChI is InChI=1S/C14H18ClN3OS/c1-10(2)13-16-14(18-17-13)20-9-3-8-19-12-6-4-11(15)5-7-12/h4-7,10H,3,8-9H2,1-2H3,(H,16,17,18). The maximum Gasteiger partial charge on any atom is 0.208 e. The van der Waals surface area contributed by atoms with Crippen LogP contribution in [-0.2, 0) is 0 Å². The zero-order valence-electron chi connectivity index (χ0n) is 11.6. The van der Waals surface area contributed by atoms with Crippen LogP contribution in [0.25, 0.3) is 0 Å². The Balaban J connectivity index is 1.65. The molecule has 0 saturated heterocycles. The van der Waals surface area contributed by atoms with E-state index in [9.17, 15) is 0 Å². The summed E-state index contributed by atoms with van der Waals surface area (Å²) in [5.41, 5.74) is 0. The Kier molecular flexibility index (Phi) is 5.73. The van der Waals surface area contributed by atoms with Crippen LogP contribution in [0.5, 0.6) is 5.75 Å². The van der Waals surface area contributed by atoms with E-state index in [1.165, 1.54) is 0 Å². The number of nitrogens with zero attached hydrogens (tertiary/aromatic N) is 2. The number of rotatable bonds is 7. The van der Waals surface area contributed by atoms with Crippen LogP contribution in [0.1, 0.15) is 32.0 Å². The first-order chi connectivity index (χ1) is 9.65. The van der Waals surface area contributed by atoms with Gasteiger partial charge < -0.3 is 4.74 Å². The maximum absolute atomic E-state index is 5.81. The van der Waals surface area contributed by atoms with Crippen LogP contribution >= 0.6 is 23.4 Å². The normalized spacial score (nSPS) is 11.0. The molecule has 0 fully saturated rings. The first-order valence-electron chi connectivity index (χ1n) is 6.58. The number of benzene rings is 1. The highest BCUT2D eigenvalue weighted by Gasteiger charge is 2.06. The summed E-state index contributed by atoms with van der Waals surface area (Å²) in [5.74, 6) is 3.09. The zero-order chi connectivity index (χ0) is 14.4. The molecular formula is C14H18ClN3OS. The Bertz CT molecular complexity index is 527. The molecule has 4 nitrogen and oxygen atoms in total. The third-order valence-electron chi connectivity index (χ3n) is 2.63. The predicted octanol–water partition coefficient (Wildman–Crippen LogP) is 4.14. The van der Waals surface area contributed by atoms with Crippen molar-refractivity contribution in [3.05, 3.63) is 35.1 Å². The topological polar surface area (TPSA) is 50.8 Å². The molecule has 6 heteroatoms. The van der Waals surface area contributed by atoms with Crippen LogP contribution in [0.2, 0.25) is 5.02 Å². The molecule has 1 aromatic carbocycles. The molecule has 0 aliphatic carbocycles. The number of thioether (sulfide) groups is 1. The Morgan fingerprint density at radius 1 is 1.30 bits per heavy atom. The van der Waals surface area contributed by atoms with E-state index in [0.29, 0.717) is 12.5 Å². The van der Waals surface area contributed by atoms with E-state index in [-0.39, 0.29) is 0 Å². The highest BCUT2D eigenvalue weighted by atomic mass is 35.5. The van der Waals surface area contributed by atoms with Crippen LogP contribution in [-0.4, -0.2) is 27.5 Å². The van der Waals surface area contributed by atoms with Crippen molar-refractivity contribution < 1.29 is 4.74 Å². The molecule has 0 radical (unpaired) electrons. The zero-order valence-corrected chi connectivity index (χ0v) is 13.2. The van der Waals surface area contributed by atoms with Crippen LogP contribution in [0.3, 0.4) is 0 Å². The average Bonchev–Trinajstić information content (AvgIpc) is 2.89. The van der Waals surface area contributed by atoms with Gasteiger partial charge in [-0.05, 0) is 30.7 Å². The molecular weight excluding hydrogens is 294 g/mol. The lowest BCUT2D eigenvalue weighted by atomic mass is 10.2. The minimum Gasteiger partial charge on any atom is -0.494 e. The molecule has 2 rings (SSSR count). The first kappa shape index (κ1) is 15.2. The van der Waals surface area contributed by atoms with Gasteiger partial charge in [-0.25, -0.2) is 4.98 Å². The van der Waals surface area contributed by atoms with Crippen molar-refractivity contribution in [1.82, 2.24) is 15.2 Å². The highest BCUT2D eigenvalue weighted by Crippen LogP contribution is 2.18. The molecule has 108 valence electrons. The summed E-state index contributed by atoms with van der Waals surface area (Å²) < 4.78 is 5.62. The second-order valence-corrected chi connectivity index (χ2v) is 6.16. The molecule has 0 saturated carbocycles. The lowest BCUT2D eigenvalue weighted by Crippen LogP contribution is -1.98. The molecule has 2 aromatic rings. The molecule has 1 heterocycles. The van der Waals surface area contributed by atoms with Gasteiger partial charge in [-0.2, -0.15) is 0 Å². The summed E-state index contributed by atoms with van der Waals surface area (Å²) in [7, 11) is 0. The van der Waals surface area contributed by atoms with Gasteiger partial charge in [0.1, 0.15) is 11.6 Å². The fourth-order valence-corrected chi connectivity index (χ4v) is 2.37. The van der Waals surface area contributed by atoms with E-state index >= 15 is 0 Å². The number of nitrogens with one attached hydrogen (secondary N) is 1. The number of aromatic amines is 1. The quantitative estimate of drug-likeness (QED) is 0.616. The van der Waals surface area contributed by atoms with E-state index in [2.05, 4.69) is 29.0 Å². The smallest absolute Gasteiger partial charge is 0.208 e. The van der Waals surface area contributed by atoms with Crippen molar-refractivity contribution >= 4 is 23.4 Å². The van der Waals surface area contributed by atoms with Gasteiger partial charge in [-0.1, -0.05) is 37.2 Å². The number of halogens is 1. The number of ether oxygens (including phenoxy) is 1. The van der Waals surface area contributed by atoms with E-state index in [4.69, 9.17) is 16.3 Å². The number of hydrogen-bond acceptors (Lipinski definition) is 4. The van der Waals surface area contributed by atoms with Crippen molar-refractivity contribution in [3.63, 3.8) is 0 Å². The van der Waals surface area contributed by atoms with Crippen molar-refractivity contribution in [1.29, 1.82) is 0 Å². The van der Waals surface area contributed by atoms with E-state index < -0.39 is 0 Å². The Hall–Kier alpha value is -1.20. The minimum absolute atomic E-state index is 0.380. The molecule has 0 amide bonds. The minimum atomic E-state index is 0.380. The Morgan fingerprint density at radius 2 is 2.05 bits per heavy atom. The first-order valence-corrected chi connectivity index (χ1v) is 7.95. The van der Waals surface area contributed by atoms with E-state index in [1.807, 2.05) is 24.3 Å². The van der Waals surface area contributed by atoms with Gasteiger partial charge in [0.15, 0.2) is 0 Å². The molecule has 20 heavy (non-hydrogen) atoms. The summed E-state index contributed by atoms with van der Waals surface area (Å²) in [6.45, 7) is 4.86. The maximum atomic E-state index is 5.81. The van der Waals surface area contributed by atoms with Crippen molar-refractivity contribution in [2.45, 2.75) is 31.3 Å². The molecule has 1 N–H and O–H groups in total. The van der Waals surface area contributed by atoms with E-state index in [1.54, 1.807) is 11.8 Å². The molecule has 0 atom stereocenters. The van der Waals surface area contributed by atoms with Crippen LogP contribution < -0.4 is 4.74 Å². The summed E-state index contributed by atoms with van der Waals surface area (Å²) in [4.78, 5) is 4.42. The summed E-state index contributed by atoms with van der Waals surface area (Å²) in [6.07, 6.45) is 0.943. The summed E-state index contributed by atoms with van der Waals surface area (Å²) in [6, 6.07) is 7.40. The summed E-state index contributed by atoms with van der Waals surface area (Å²) >= 11 is 7.45. The SMILES string of the molecule is CC(C)c1nc(SCCCOc2ccc(Cl)cc2)n[nH]1. The van der Waals surface area contributed by atoms with Crippen LogP contribution in [0.4, 0.5) is 0 Å². The predicted molar refractivity (Wildman–Crippen MR) is 82.8 cm³/mol. The third-order valence-corrected chi connectivity index (χ3v) is 3.82. The fraction of sp³-hybridized carbons (Fsp3) is 0.429. The summed E-state index contributed by atoms with van der Waals surface area (Å²) in [5, 5.41) is 8.65. The van der Waals surface area contributed by atoms with Gasteiger partial charge >= 0.3 is 0 Å². The largest absolute Gasteiger partial charge is 0.494 e. The van der Waals surface area contributed by atoms with Crippen LogP contribution in [0.15, 0.2) is 29.4 Å². The molecule has 1 aromatic heterocycles. The number of H-pyrrole nitrogens is 1. The number of hydrogen-bond donors (Lipinski definition) is 1. The van der Waals surface area contributed by atoms with Crippen molar-refractivity contribution in [2.75, 3.05) is 12.4 Å². The van der Waals surface area contributed by atoms with Crippen LogP contribution in [0, 0.1) is 0 Å². The van der Waals surface area contributed by atoms with Crippen molar-refractivity contribution in [2.24, 2.45) is 0 Å². The molecule has 0 aliphatic rings. The Labute approximate surface area is 128 Å².